The van der Waals surface area contributed by atoms with Crippen LogP contribution in [-0.4, -0.2) is 17.6 Å². The lowest BCUT2D eigenvalue weighted by molar-refractivity contribution is -0.642. The lowest BCUT2D eigenvalue weighted by Gasteiger charge is -2.17. The Morgan fingerprint density at radius 2 is 2.20 bits per heavy atom. The number of thioether (sulfide) groups is 1. The molecule has 9 heteroatoms. The number of carboxylic acid groups (broad SMARTS) is 1. The van der Waals surface area contributed by atoms with Crippen LogP contribution in [0, 0.1) is 2.88 Å². The van der Waals surface area contributed by atoms with Crippen LogP contribution in [0.5, 0.6) is 0 Å². The predicted octanol–water partition coefficient (Wildman–Crippen LogP) is 5.15. The number of fused-ring (bicyclic) bond motifs is 2. The summed E-state index contributed by atoms with van der Waals surface area (Å²) in [6.07, 6.45) is 2.09. The summed E-state index contributed by atoms with van der Waals surface area (Å²) >= 11 is 11.0. The van der Waals surface area contributed by atoms with Crippen molar-refractivity contribution < 1.29 is 14.5 Å². The van der Waals surface area contributed by atoms with Gasteiger partial charge in [0.05, 0.1) is 19.7 Å². The molecule has 0 atom stereocenters. The Hall–Kier alpha value is -0.620. The van der Waals surface area contributed by atoms with Crippen molar-refractivity contribution in [1.82, 2.24) is 0 Å². The molecule has 0 bridgehead atoms. The lowest BCUT2D eigenvalue weighted by atomic mass is 10.3. The van der Waals surface area contributed by atoms with Gasteiger partial charge in [0.25, 0.3) is 5.01 Å². The average molecular weight is 566 g/mol. The van der Waals surface area contributed by atoms with E-state index in [0.717, 1.165) is 25.1 Å². The van der Waals surface area contributed by atoms with E-state index in [9.17, 15) is 9.90 Å². The van der Waals surface area contributed by atoms with Crippen molar-refractivity contribution in [1.29, 1.82) is 0 Å². The summed E-state index contributed by atoms with van der Waals surface area (Å²) in [4.78, 5) is 14.3. The minimum atomic E-state index is -0.842. The van der Waals surface area contributed by atoms with Crippen LogP contribution in [0.2, 0.25) is 0 Å². The molecular formula is C16H11BrIN2O2S3+. The van der Waals surface area contributed by atoms with Crippen LogP contribution in [0.3, 0.4) is 0 Å². The van der Waals surface area contributed by atoms with Crippen molar-refractivity contribution in [2.45, 2.75) is 4.90 Å². The minimum Gasteiger partial charge on any atom is -0.480 e. The van der Waals surface area contributed by atoms with E-state index in [1.807, 2.05) is 23.1 Å². The van der Waals surface area contributed by atoms with Gasteiger partial charge in [-0.3, -0.25) is 4.79 Å². The topological polar surface area (TPSA) is 44.4 Å². The van der Waals surface area contributed by atoms with E-state index in [0.29, 0.717) is 0 Å². The number of benzene rings is 1. The van der Waals surface area contributed by atoms with E-state index < -0.39 is 5.97 Å². The quantitative estimate of drug-likeness (QED) is 0.352. The van der Waals surface area contributed by atoms with E-state index in [-0.39, 0.29) is 6.54 Å². The van der Waals surface area contributed by atoms with E-state index in [4.69, 9.17) is 0 Å². The molecule has 1 aliphatic rings. The number of aryl methyl sites for hydroxylation is 1. The second-order valence-electron chi connectivity index (χ2n) is 5.40. The minimum absolute atomic E-state index is 0.0519. The molecule has 0 radical (unpaired) electrons. The Labute approximate surface area is 178 Å². The largest absolute Gasteiger partial charge is 0.480 e. The highest BCUT2D eigenvalue weighted by molar-refractivity contribution is 14.1. The average Bonchev–Trinajstić information content (AvgIpc) is 3.14. The summed E-state index contributed by atoms with van der Waals surface area (Å²) in [5.74, 6) is -0.842. The zero-order chi connectivity index (χ0) is 17.7. The molecule has 3 heterocycles. The van der Waals surface area contributed by atoms with Gasteiger partial charge >= 0.3 is 5.97 Å². The molecule has 0 fully saturated rings. The molecule has 2 aromatic heterocycles. The van der Waals surface area contributed by atoms with E-state index in [1.54, 1.807) is 34.4 Å². The number of carbonyl (C=O) groups is 1. The molecule has 4 rings (SSSR count). The fourth-order valence-corrected chi connectivity index (χ4v) is 7.78. The van der Waals surface area contributed by atoms with E-state index in [2.05, 4.69) is 62.3 Å². The van der Waals surface area contributed by atoms with Crippen LogP contribution in [0.1, 0.15) is 5.01 Å². The highest BCUT2D eigenvalue weighted by Crippen LogP contribution is 2.47. The molecule has 0 saturated carbocycles. The van der Waals surface area contributed by atoms with Crippen LogP contribution in [0.15, 0.2) is 38.7 Å². The first-order chi connectivity index (χ1) is 11.9. The number of anilines is 1. The molecule has 0 saturated heterocycles. The van der Waals surface area contributed by atoms with Crippen molar-refractivity contribution in [3.8, 4) is 0 Å². The Balaban J connectivity index is 1.79. The summed E-state index contributed by atoms with van der Waals surface area (Å²) in [6, 6.07) is 8.16. The molecule has 25 heavy (non-hydrogen) atoms. The molecule has 4 nitrogen and oxygen atoms in total. The van der Waals surface area contributed by atoms with Crippen LogP contribution in [-0.2, 0) is 11.8 Å². The molecule has 0 spiro atoms. The van der Waals surface area contributed by atoms with Crippen molar-refractivity contribution in [2.75, 3.05) is 11.4 Å². The number of hydrogen-bond donors (Lipinski definition) is 1. The first-order valence-corrected chi connectivity index (χ1v) is 11.5. The molecule has 3 aromatic rings. The molecular weight excluding hydrogens is 555 g/mol. The lowest BCUT2D eigenvalue weighted by Crippen LogP contribution is -2.30. The van der Waals surface area contributed by atoms with Gasteiger partial charge in [-0.15, -0.1) is 11.3 Å². The number of halogens is 2. The number of hydrogen-bond acceptors (Lipinski definition) is 5. The second kappa shape index (κ2) is 6.84. The molecule has 0 aliphatic carbocycles. The SMILES string of the molecule is C[n+]1c(/C=C2\Sc3ccc(Br)cc3N2CC(=O)O)sc2sc(I)cc21. The van der Waals surface area contributed by atoms with Crippen molar-refractivity contribution in [3.63, 3.8) is 0 Å². The number of carboxylic acids is 1. The van der Waals surface area contributed by atoms with Crippen molar-refractivity contribution in [2.24, 2.45) is 7.05 Å². The monoisotopic (exact) mass is 565 g/mol. The van der Waals surface area contributed by atoms with Gasteiger partial charge in [-0.2, -0.15) is 4.57 Å². The first kappa shape index (κ1) is 17.8. The highest BCUT2D eigenvalue weighted by Gasteiger charge is 2.29. The Morgan fingerprint density at radius 3 is 2.92 bits per heavy atom. The molecule has 1 aliphatic heterocycles. The maximum atomic E-state index is 11.4. The maximum absolute atomic E-state index is 11.4. The summed E-state index contributed by atoms with van der Waals surface area (Å²) in [7, 11) is 2.05. The standard InChI is InChI=1S/C16H10BrIN2O2S3/c1-19-10-5-12(18)24-16(10)25-13(19)6-14-20(7-15(21)22)9-4-8(17)2-3-11(9)23-14/h2-6H,7H2,1H3/p+1. The van der Waals surface area contributed by atoms with E-state index in [1.165, 1.54) is 12.4 Å². The van der Waals surface area contributed by atoms with Crippen LogP contribution < -0.4 is 9.47 Å². The number of rotatable bonds is 3. The third-order valence-corrected chi connectivity index (χ3v) is 8.55. The Bertz CT molecular complexity index is 1040. The summed E-state index contributed by atoms with van der Waals surface area (Å²) in [5.41, 5.74) is 2.16. The molecule has 1 aromatic carbocycles. The fourth-order valence-electron chi connectivity index (χ4n) is 2.64. The normalized spacial score (nSPS) is 15.3. The van der Waals surface area contributed by atoms with Gasteiger partial charge in [0.2, 0.25) is 5.52 Å². The van der Waals surface area contributed by atoms with Gasteiger partial charge in [0, 0.05) is 15.4 Å². The van der Waals surface area contributed by atoms with Gasteiger partial charge in [0.15, 0.2) is 4.01 Å². The van der Waals surface area contributed by atoms with E-state index >= 15 is 0 Å². The van der Waals surface area contributed by atoms with Crippen LogP contribution >= 0.6 is 73.0 Å². The molecule has 0 unspecified atom stereocenters. The van der Waals surface area contributed by atoms with Gasteiger partial charge in [-0.25, -0.2) is 0 Å². The van der Waals surface area contributed by atoms with Crippen molar-refractivity contribution >= 4 is 100 Å². The predicted molar refractivity (Wildman–Crippen MR) is 117 cm³/mol. The maximum Gasteiger partial charge on any atom is 0.323 e. The number of nitrogens with zero attached hydrogens (tertiary/aromatic N) is 2. The molecule has 128 valence electrons. The van der Waals surface area contributed by atoms with Crippen LogP contribution in [0.25, 0.3) is 15.6 Å². The third-order valence-electron chi connectivity index (χ3n) is 3.77. The number of aliphatic carboxylic acids is 1. The highest BCUT2D eigenvalue weighted by atomic mass is 127. The Kier molecular flexibility index (Phi) is 4.86. The zero-order valence-corrected chi connectivity index (χ0v) is 19.0. The molecule has 1 N–H and O–H groups in total. The third kappa shape index (κ3) is 3.36. The number of thiazole rings is 1. The van der Waals surface area contributed by atoms with Crippen molar-refractivity contribution in [3.05, 3.63) is 41.7 Å². The number of thiophene rings is 1. The summed E-state index contributed by atoms with van der Waals surface area (Å²) in [5, 5.41) is 11.4. The Morgan fingerprint density at radius 1 is 1.40 bits per heavy atom. The molecule has 0 amide bonds. The second-order valence-corrected chi connectivity index (χ2v) is 11.6. The first-order valence-electron chi connectivity index (χ1n) is 7.18. The fraction of sp³-hybridized carbons (Fsp3) is 0.125. The van der Waals surface area contributed by atoms with Gasteiger partial charge < -0.3 is 10.0 Å². The number of aromatic nitrogens is 1. The van der Waals surface area contributed by atoms with Gasteiger partial charge in [0.1, 0.15) is 13.6 Å². The van der Waals surface area contributed by atoms with Gasteiger partial charge in [-0.05, 0) is 40.8 Å². The summed E-state index contributed by atoms with van der Waals surface area (Å²) in [6.45, 7) is -0.0519. The zero-order valence-electron chi connectivity index (χ0n) is 12.8. The van der Waals surface area contributed by atoms with Gasteiger partial charge in [-0.1, -0.05) is 39.0 Å². The van der Waals surface area contributed by atoms with Crippen LogP contribution in [0.4, 0.5) is 5.69 Å². The summed E-state index contributed by atoms with van der Waals surface area (Å²) < 4.78 is 5.67. The smallest absolute Gasteiger partial charge is 0.323 e.